The molecule has 4 aliphatic rings. The lowest BCUT2D eigenvalue weighted by molar-refractivity contribution is -0.255. The molecule has 62 heavy (non-hydrogen) atoms. The van der Waals surface area contributed by atoms with Gasteiger partial charge in [0.25, 0.3) is 0 Å². The van der Waals surface area contributed by atoms with Crippen molar-refractivity contribution in [3.63, 3.8) is 0 Å². The number of ether oxygens (including phenoxy) is 4. The van der Waals surface area contributed by atoms with Crippen molar-refractivity contribution in [1.29, 1.82) is 0 Å². The predicted octanol–water partition coefficient (Wildman–Crippen LogP) is 5.02. The zero-order valence-electron chi connectivity index (χ0n) is 39.9. The first kappa shape index (κ1) is 49.0. The van der Waals surface area contributed by atoms with Crippen LogP contribution in [0.4, 0.5) is 0 Å². The highest BCUT2D eigenvalue weighted by molar-refractivity contribution is 8.76. The minimum absolute atomic E-state index is 0.130. The molecule has 6 rings (SSSR count). The van der Waals surface area contributed by atoms with Crippen LogP contribution in [-0.4, -0.2) is 140 Å². The molecule has 8 N–H and O–H groups in total. The van der Waals surface area contributed by atoms with E-state index in [4.69, 9.17) is 69.7 Å². The van der Waals surface area contributed by atoms with Crippen LogP contribution in [-0.2, 0) is 0 Å². The summed E-state index contributed by atoms with van der Waals surface area (Å²) in [4.78, 5) is 28.5. The Hall–Kier alpha value is -2.40. The third-order valence-electron chi connectivity index (χ3n) is 13.1. The minimum atomic E-state index is -0.445. The Bertz CT molecular complexity index is 1600. The molecule has 18 nitrogen and oxygen atoms in total. The van der Waals surface area contributed by atoms with E-state index in [-0.39, 0.29) is 48.5 Å². The third-order valence-corrected chi connectivity index (χ3v) is 15.0. The molecule has 0 saturated carbocycles. The number of hydrogen-bond acceptors (Lipinski definition) is 16. The fraction of sp³-hybridized carbons (Fsp3) is 0.857. The summed E-state index contributed by atoms with van der Waals surface area (Å²) in [5, 5.41) is 42.4. The van der Waals surface area contributed by atoms with E-state index in [9.17, 15) is 0 Å². The summed E-state index contributed by atoms with van der Waals surface area (Å²) >= 11 is 0. The lowest BCUT2D eigenvalue weighted by atomic mass is 9.80. The maximum absolute atomic E-state index is 8.77. The topological polar surface area (TPSA) is 219 Å². The summed E-state index contributed by atoms with van der Waals surface area (Å²) in [6.45, 7) is 32.7. The molecule has 0 aliphatic carbocycles. The van der Waals surface area contributed by atoms with Crippen LogP contribution in [0, 0.1) is 0 Å². The predicted molar refractivity (Wildman–Crippen MR) is 240 cm³/mol. The average Bonchev–Trinajstić information content (AvgIpc) is 3.09. The largest absolute Gasteiger partial charge is 0.460 e. The Balaban J connectivity index is 1.31. The van der Waals surface area contributed by atoms with Crippen molar-refractivity contribution in [3.8, 4) is 24.0 Å². The highest BCUT2D eigenvalue weighted by Gasteiger charge is 2.53. The monoisotopic (exact) mass is 913 g/mol. The van der Waals surface area contributed by atoms with Gasteiger partial charge in [-0.3, -0.25) is 0 Å². The van der Waals surface area contributed by atoms with E-state index in [1.54, 1.807) is 20.3 Å². The van der Waals surface area contributed by atoms with Gasteiger partial charge in [0.1, 0.15) is 24.4 Å². The van der Waals surface area contributed by atoms with E-state index >= 15 is 0 Å². The molecule has 0 radical (unpaired) electrons. The van der Waals surface area contributed by atoms with Crippen LogP contribution >= 0.6 is 21.6 Å². The molecule has 0 atom stereocenters. The molecule has 0 amide bonds. The van der Waals surface area contributed by atoms with Gasteiger partial charge in [0.05, 0.1) is 44.3 Å². The number of piperidine rings is 4. The average molecular weight is 913 g/mol. The fourth-order valence-corrected chi connectivity index (χ4v) is 12.2. The van der Waals surface area contributed by atoms with Crippen molar-refractivity contribution >= 4 is 21.6 Å². The second kappa shape index (κ2) is 16.8. The van der Waals surface area contributed by atoms with Crippen LogP contribution in [0.5, 0.6) is 24.0 Å². The molecule has 4 saturated heterocycles. The molecule has 0 aromatic carbocycles. The lowest BCUT2D eigenvalue weighted by Gasteiger charge is -2.47. The van der Waals surface area contributed by atoms with Gasteiger partial charge in [-0.25, -0.2) is 0 Å². The van der Waals surface area contributed by atoms with Gasteiger partial charge >= 0.3 is 24.0 Å². The van der Waals surface area contributed by atoms with Crippen LogP contribution in [0.15, 0.2) is 10.3 Å². The molecule has 0 spiro atoms. The lowest BCUT2D eigenvalue weighted by Crippen LogP contribution is -2.61. The maximum Gasteiger partial charge on any atom is 0.323 e. The van der Waals surface area contributed by atoms with Crippen LogP contribution in [0.25, 0.3) is 0 Å². The van der Waals surface area contributed by atoms with Crippen LogP contribution in [0.3, 0.4) is 0 Å². The molecule has 20 heteroatoms. The Labute approximate surface area is 375 Å². The fourth-order valence-electron chi connectivity index (χ4n) is 10.7. The van der Waals surface area contributed by atoms with Crippen molar-refractivity contribution in [1.82, 2.24) is 50.2 Å². The Morgan fingerprint density at radius 1 is 0.339 bits per heavy atom. The van der Waals surface area contributed by atoms with E-state index in [0.29, 0.717) is 61.7 Å². The summed E-state index contributed by atoms with van der Waals surface area (Å²) in [6.07, 6.45) is 3.77. The Morgan fingerprint density at radius 2 is 0.500 bits per heavy atom. The van der Waals surface area contributed by atoms with Gasteiger partial charge in [0, 0.05) is 51.4 Å². The van der Waals surface area contributed by atoms with E-state index in [2.05, 4.69) is 0 Å². The van der Waals surface area contributed by atoms with Gasteiger partial charge in [0.15, 0.2) is 0 Å². The van der Waals surface area contributed by atoms with Crippen molar-refractivity contribution in [2.45, 2.75) is 241 Å². The number of aromatic nitrogens is 6. The zero-order valence-corrected chi connectivity index (χ0v) is 41.5. The minimum Gasteiger partial charge on any atom is -0.460 e. The second-order valence-electron chi connectivity index (χ2n) is 23.0. The van der Waals surface area contributed by atoms with Gasteiger partial charge in [-0.15, -0.1) is 9.97 Å². The van der Waals surface area contributed by atoms with Gasteiger partial charge in [-0.05, 0) is 132 Å². The van der Waals surface area contributed by atoms with E-state index in [1.807, 2.05) is 111 Å². The SMILES string of the molecule is CC1(C)CC(Oc2nc(OC3CC(C)(C)N([OH2+])C(C)(C)C3)nc(SSc3nc(OC4CC(C)(C)N([OH2+])C(C)(C)C4)nc(OC4CC(C)(C)N([OH2+])C(C)(C)C4)n3)n2)CC(C)(C)N1[OH2+]. The summed E-state index contributed by atoms with van der Waals surface area (Å²) < 4.78 is 26.2. The summed E-state index contributed by atoms with van der Waals surface area (Å²) in [7, 11) is 2.45. The van der Waals surface area contributed by atoms with E-state index < -0.39 is 44.3 Å². The van der Waals surface area contributed by atoms with Crippen molar-refractivity contribution in [2.75, 3.05) is 0 Å². The Kier molecular flexibility index (Phi) is 13.3. The van der Waals surface area contributed by atoms with Crippen molar-refractivity contribution < 1.29 is 39.8 Å². The van der Waals surface area contributed by atoms with Crippen LogP contribution in [0.1, 0.15) is 162 Å². The van der Waals surface area contributed by atoms with Gasteiger partial charge in [-0.2, -0.15) is 19.9 Å². The third kappa shape index (κ3) is 10.8. The highest BCUT2D eigenvalue weighted by atomic mass is 33.1. The van der Waals surface area contributed by atoms with Gasteiger partial charge in [0.2, 0.25) is 10.3 Å². The molecule has 4 fully saturated rings. The highest BCUT2D eigenvalue weighted by Crippen LogP contribution is 2.44. The number of nitrogens with zero attached hydrogens (tertiary/aromatic N) is 10. The quantitative estimate of drug-likeness (QED) is 0.214. The molecule has 2 aromatic rings. The summed E-state index contributed by atoms with van der Waals surface area (Å²) in [5.41, 5.74) is -3.56. The molecule has 4 aliphatic heterocycles. The van der Waals surface area contributed by atoms with Crippen molar-refractivity contribution in [3.05, 3.63) is 0 Å². The first-order valence-corrected chi connectivity index (χ1v) is 23.9. The first-order valence-electron chi connectivity index (χ1n) is 21.8. The van der Waals surface area contributed by atoms with Crippen molar-refractivity contribution in [2.24, 2.45) is 0 Å². The maximum atomic E-state index is 8.77. The molecule has 350 valence electrons. The number of rotatable bonds is 11. The molecule has 0 bridgehead atoms. The molecule has 6 heterocycles. The second-order valence-corrected chi connectivity index (χ2v) is 25.0. The van der Waals surface area contributed by atoms with Gasteiger partial charge < -0.3 is 39.8 Å². The smallest absolute Gasteiger partial charge is 0.323 e. The number of hydroxylamine groups is 8. The molecule has 2 aromatic heterocycles. The Morgan fingerprint density at radius 3 is 0.661 bits per heavy atom. The standard InChI is InChI=1S/C42H72N10O8S2/c1-35(2)17-25(18-36(3,4)49(35)53)57-29-43-30(58-26-19-37(5,6)50(54)38(7,8)20-26)46-33(45-29)61-62-34-47-31(59-27-21-39(9,10)51(55)40(11,12)22-27)44-32(48-34)60-28-23-41(13,14)52(56)42(15,16)24-28/h25-28,53-56H,17-24H2,1-16H3/p+4. The van der Waals surface area contributed by atoms with E-state index in [0.717, 1.165) is 0 Å². The summed E-state index contributed by atoms with van der Waals surface area (Å²) in [5.74, 6) is 0. The van der Waals surface area contributed by atoms with Crippen LogP contribution in [0.2, 0.25) is 0 Å². The molecular formula is C42H76N10O8S2+4. The van der Waals surface area contributed by atoms with Gasteiger partial charge in [-0.1, -0.05) is 20.3 Å². The number of hydrogen-bond donors (Lipinski definition) is 0. The van der Waals surface area contributed by atoms with E-state index in [1.165, 1.54) is 21.6 Å². The summed E-state index contributed by atoms with van der Waals surface area (Å²) in [6, 6.07) is 0.519. The first-order chi connectivity index (χ1) is 28.2. The normalized spacial score (nSPS) is 26.8. The molecular weight excluding hydrogens is 837 g/mol. The molecule has 0 unspecified atom stereocenters. The van der Waals surface area contributed by atoms with Crippen LogP contribution < -0.4 is 18.9 Å². The zero-order chi connectivity index (χ0) is 46.2.